The number of para-hydroxylation sites is 2. The molecule has 4 heterocycles. The average molecular weight is 544 g/mol. The van der Waals surface area contributed by atoms with Crippen molar-refractivity contribution in [3.05, 3.63) is 112 Å². The van der Waals surface area contributed by atoms with Gasteiger partial charge in [-0.2, -0.15) is 4.98 Å². The van der Waals surface area contributed by atoms with Gasteiger partial charge in [-0.05, 0) is 48.5 Å². The molecule has 0 unspecified atom stereocenters. The smallest absolute Gasteiger partial charge is 0.375 e. The van der Waals surface area contributed by atoms with Crippen LogP contribution < -0.4 is 15.5 Å². The second kappa shape index (κ2) is 10.0. The van der Waals surface area contributed by atoms with E-state index in [2.05, 4.69) is 15.5 Å². The second-order valence-electron chi connectivity index (χ2n) is 8.26. The lowest BCUT2D eigenvalue weighted by molar-refractivity contribution is 0.209. The number of pyridine rings is 1. The van der Waals surface area contributed by atoms with Gasteiger partial charge in [0.15, 0.2) is 11.2 Å². The summed E-state index contributed by atoms with van der Waals surface area (Å²) >= 11 is 7.44. The first kappa shape index (κ1) is 23.7. The fourth-order valence-electron chi connectivity index (χ4n) is 3.92. The maximum absolute atomic E-state index is 12.8. The fourth-order valence-corrected chi connectivity index (χ4v) is 4.91. The zero-order valence-electron chi connectivity index (χ0n) is 19.6. The summed E-state index contributed by atoms with van der Waals surface area (Å²) < 4.78 is 15.3. The minimum atomic E-state index is -0.688. The van der Waals surface area contributed by atoms with Crippen LogP contribution in [0, 0.1) is 0 Å². The monoisotopic (exact) mass is 543 g/mol. The number of hydrogen-bond acceptors (Lipinski definition) is 7. The molecule has 6 aromatic rings. The van der Waals surface area contributed by atoms with Crippen LogP contribution in [-0.4, -0.2) is 25.4 Å². The van der Waals surface area contributed by atoms with Gasteiger partial charge in [0.2, 0.25) is 0 Å². The molecule has 0 radical (unpaired) electrons. The van der Waals surface area contributed by atoms with Crippen LogP contribution in [0.1, 0.15) is 5.69 Å². The first-order valence-electron chi connectivity index (χ1n) is 11.5. The molecule has 2 aromatic carbocycles. The van der Waals surface area contributed by atoms with E-state index < -0.39 is 6.09 Å². The van der Waals surface area contributed by atoms with Crippen LogP contribution in [0.15, 0.2) is 101 Å². The highest BCUT2D eigenvalue weighted by molar-refractivity contribution is 7.19. The molecule has 9 nitrogen and oxygen atoms in total. The van der Waals surface area contributed by atoms with Crippen LogP contribution in [0.5, 0.6) is 6.01 Å². The Kier molecular flexibility index (Phi) is 6.24. The number of benzene rings is 2. The topological polar surface area (TPSA) is 104 Å². The number of anilines is 1. The lowest BCUT2D eigenvalue weighted by Gasteiger charge is -2.10. The molecule has 0 fully saturated rings. The Hall–Kier alpha value is -4.67. The molecule has 0 aliphatic rings. The van der Waals surface area contributed by atoms with Crippen LogP contribution in [0.25, 0.3) is 27.4 Å². The molecule has 6 rings (SSSR count). The van der Waals surface area contributed by atoms with Gasteiger partial charge in [0.05, 0.1) is 26.8 Å². The SMILES string of the molecule is O=C(Nc1ccc(-n2ccc(=O)cc2)cc1)Oc1nc2ccccc2n1Cc1cc(-c2ccc(Cl)s2)on1. The minimum Gasteiger partial charge on any atom is -0.375 e. The lowest BCUT2D eigenvalue weighted by atomic mass is 10.2. The Balaban J connectivity index is 1.20. The molecular formula is C27H18ClN5O4S. The largest absolute Gasteiger partial charge is 0.419 e. The molecule has 1 amide bonds. The van der Waals surface area contributed by atoms with Crippen LogP contribution in [-0.2, 0) is 6.54 Å². The molecule has 11 heteroatoms. The van der Waals surface area contributed by atoms with E-state index >= 15 is 0 Å². The molecule has 0 saturated heterocycles. The number of hydrogen-bond donors (Lipinski definition) is 1. The molecule has 188 valence electrons. The number of carbonyl (C=O) groups excluding carboxylic acids is 1. The summed E-state index contributed by atoms with van der Waals surface area (Å²) in [6.07, 6.45) is 2.67. The van der Waals surface area contributed by atoms with Gasteiger partial charge in [0.25, 0.3) is 0 Å². The Morgan fingerprint density at radius 1 is 1.03 bits per heavy atom. The van der Waals surface area contributed by atoms with Crippen molar-refractivity contribution in [3.63, 3.8) is 0 Å². The van der Waals surface area contributed by atoms with Crippen molar-refractivity contribution in [2.45, 2.75) is 6.54 Å². The fraction of sp³-hybridized carbons (Fsp3) is 0.0370. The van der Waals surface area contributed by atoms with Crippen molar-refractivity contribution in [3.8, 4) is 22.3 Å². The van der Waals surface area contributed by atoms with E-state index in [9.17, 15) is 9.59 Å². The van der Waals surface area contributed by atoms with E-state index in [0.717, 1.165) is 16.1 Å². The molecule has 1 N–H and O–H groups in total. The van der Waals surface area contributed by atoms with Gasteiger partial charge in [0, 0.05) is 42.0 Å². The molecule has 0 bridgehead atoms. The number of amides is 1. The van der Waals surface area contributed by atoms with Crippen LogP contribution in [0.4, 0.5) is 10.5 Å². The summed E-state index contributed by atoms with van der Waals surface area (Å²) in [6, 6.07) is 23.2. The molecule has 4 aromatic heterocycles. The zero-order valence-corrected chi connectivity index (χ0v) is 21.1. The first-order valence-corrected chi connectivity index (χ1v) is 12.7. The van der Waals surface area contributed by atoms with Crippen molar-refractivity contribution in [2.75, 3.05) is 5.32 Å². The third-order valence-electron chi connectivity index (χ3n) is 5.71. The number of aromatic nitrogens is 4. The van der Waals surface area contributed by atoms with Gasteiger partial charge in [-0.1, -0.05) is 28.9 Å². The van der Waals surface area contributed by atoms with Gasteiger partial charge >= 0.3 is 12.1 Å². The third-order valence-corrected chi connectivity index (χ3v) is 6.95. The molecule has 0 saturated carbocycles. The highest BCUT2D eigenvalue weighted by Gasteiger charge is 2.18. The summed E-state index contributed by atoms with van der Waals surface area (Å²) in [5.74, 6) is 0.604. The van der Waals surface area contributed by atoms with Gasteiger partial charge in [-0.25, -0.2) is 4.79 Å². The Morgan fingerprint density at radius 3 is 2.58 bits per heavy atom. The normalized spacial score (nSPS) is 11.1. The van der Waals surface area contributed by atoms with Crippen molar-refractivity contribution in [1.82, 2.24) is 19.3 Å². The second-order valence-corrected chi connectivity index (χ2v) is 9.97. The first-order chi connectivity index (χ1) is 18.5. The summed E-state index contributed by atoms with van der Waals surface area (Å²) in [6.45, 7) is 0.278. The van der Waals surface area contributed by atoms with E-state index in [1.807, 2.05) is 48.5 Å². The van der Waals surface area contributed by atoms with Gasteiger partial charge in [-0.3, -0.25) is 14.7 Å². The Morgan fingerprint density at radius 2 is 1.82 bits per heavy atom. The summed E-state index contributed by atoms with van der Waals surface area (Å²) in [5, 5.41) is 6.90. The van der Waals surface area contributed by atoms with Crippen molar-refractivity contribution < 1.29 is 14.1 Å². The number of nitrogens with zero attached hydrogens (tertiary/aromatic N) is 4. The van der Waals surface area contributed by atoms with Crippen LogP contribution in [0.3, 0.4) is 0 Å². The van der Waals surface area contributed by atoms with Gasteiger partial charge in [-0.15, -0.1) is 11.3 Å². The van der Waals surface area contributed by atoms with Crippen LogP contribution >= 0.6 is 22.9 Å². The molecule has 0 spiro atoms. The summed E-state index contributed by atoms with van der Waals surface area (Å²) in [7, 11) is 0. The van der Waals surface area contributed by atoms with Crippen molar-refractivity contribution >= 4 is 45.8 Å². The summed E-state index contributed by atoms with van der Waals surface area (Å²) in [5.41, 5.74) is 3.40. The molecule has 0 aliphatic carbocycles. The molecule has 38 heavy (non-hydrogen) atoms. The molecule has 0 aliphatic heterocycles. The van der Waals surface area contributed by atoms with E-state index in [1.165, 1.54) is 23.5 Å². The molecular weight excluding hydrogens is 526 g/mol. The lowest BCUT2D eigenvalue weighted by Crippen LogP contribution is -2.19. The number of carbonyl (C=O) groups is 1. The number of thiophene rings is 1. The average Bonchev–Trinajstić information content (AvgIpc) is 3.65. The van der Waals surface area contributed by atoms with Gasteiger partial charge in [0.1, 0.15) is 5.69 Å². The minimum absolute atomic E-state index is 0.0651. The maximum atomic E-state index is 12.8. The summed E-state index contributed by atoms with van der Waals surface area (Å²) in [4.78, 5) is 29.5. The van der Waals surface area contributed by atoms with E-state index in [1.54, 1.807) is 39.7 Å². The molecule has 0 atom stereocenters. The quantitative estimate of drug-likeness (QED) is 0.267. The number of nitrogens with one attached hydrogen (secondary N) is 1. The number of halogens is 1. The third kappa shape index (κ3) is 4.95. The number of ether oxygens (including phenoxy) is 1. The number of imidazole rings is 1. The highest BCUT2D eigenvalue weighted by Crippen LogP contribution is 2.32. The van der Waals surface area contributed by atoms with Crippen molar-refractivity contribution in [1.29, 1.82) is 0 Å². The predicted octanol–water partition coefficient (Wildman–Crippen LogP) is 6.22. The zero-order chi connectivity index (χ0) is 26.1. The van der Waals surface area contributed by atoms with Crippen LogP contribution in [0.2, 0.25) is 4.34 Å². The number of rotatable bonds is 6. The van der Waals surface area contributed by atoms with Crippen molar-refractivity contribution in [2.24, 2.45) is 0 Å². The van der Waals surface area contributed by atoms with Gasteiger partial charge < -0.3 is 13.8 Å². The van der Waals surface area contributed by atoms with E-state index in [-0.39, 0.29) is 18.0 Å². The van der Waals surface area contributed by atoms with E-state index in [4.69, 9.17) is 20.9 Å². The predicted molar refractivity (Wildman–Crippen MR) is 145 cm³/mol. The Bertz CT molecular complexity index is 1800. The highest BCUT2D eigenvalue weighted by atomic mass is 35.5. The van der Waals surface area contributed by atoms with E-state index in [0.29, 0.717) is 27.0 Å². The Labute approximate surface area is 224 Å². The standard InChI is InChI=1S/C27H18ClN5O4S/c28-25-10-9-24(38-25)23-15-18(31-37-23)16-33-22-4-2-1-3-21(22)30-26(33)36-27(35)29-17-5-7-19(8-6-17)32-13-11-20(34)12-14-32/h1-15H,16H2,(H,29,35). The number of fused-ring (bicyclic) bond motifs is 1. The maximum Gasteiger partial charge on any atom is 0.419 e.